The Bertz CT molecular complexity index is 734. The van der Waals surface area contributed by atoms with Crippen molar-refractivity contribution in [3.63, 3.8) is 0 Å². The number of amides is 1. The number of rotatable bonds is 3. The number of anilines is 1. The Morgan fingerprint density at radius 1 is 1.21 bits per heavy atom. The lowest BCUT2D eigenvalue weighted by atomic mass is 10.1. The van der Waals surface area contributed by atoms with Crippen LogP contribution in [0.1, 0.15) is 37.9 Å². The number of aromatic nitrogens is 3. The summed E-state index contributed by atoms with van der Waals surface area (Å²) in [7, 11) is 0. The van der Waals surface area contributed by atoms with Crippen LogP contribution in [0.15, 0.2) is 24.3 Å². The van der Waals surface area contributed by atoms with Crippen LogP contribution in [0, 0.1) is 0 Å². The lowest BCUT2D eigenvalue weighted by Gasteiger charge is -2.12. The Hall–Kier alpha value is -2.21. The first-order chi connectivity index (χ1) is 11.8. The molecule has 0 spiro atoms. The summed E-state index contributed by atoms with van der Waals surface area (Å²) in [5.41, 5.74) is 1.76. The zero-order valence-electron chi connectivity index (χ0n) is 13.7. The minimum Gasteiger partial charge on any atom is -0.368 e. The molecule has 0 saturated carbocycles. The Morgan fingerprint density at radius 3 is 3.04 bits per heavy atom. The summed E-state index contributed by atoms with van der Waals surface area (Å²) in [6.45, 7) is 1.63. The molecule has 1 fully saturated rings. The molecule has 126 valence electrons. The van der Waals surface area contributed by atoms with Gasteiger partial charge >= 0.3 is 0 Å². The predicted molar refractivity (Wildman–Crippen MR) is 90.6 cm³/mol. The van der Waals surface area contributed by atoms with Gasteiger partial charge in [0.05, 0.1) is 0 Å². The van der Waals surface area contributed by atoms with Gasteiger partial charge in [-0.3, -0.25) is 4.79 Å². The van der Waals surface area contributed by atoms with Crippen molar-refractivity contribution in [2.24, 2.45) is 0 Å². The second-order valence-electron chi connectivity index (χ2n) is 6.47. The maximum atomic E-state index is 12.2. The Labute approximate surface area is 141 Å². The molecule has 1 aromatic heterocycles. The summed E-state index contributed by atoms with van der Waals surface area (Å²) in [6.07, 6.45) is 5.98. The van der Waals surface area contributed by atoms with E-state index in [1.165, 1.54) is 12.8 Å². The highest BCUT2D eigenvalue weighted by Gasteiger charge is 2.23. The molecule has 1 saturated heterocycles. The van der Waals surface area contributed by atoms with E-state index < -0.39 is 0 Å². The molecule has 6 nitrogen and oxygen atoms in total. The van der Waals surface area contributed by atoms with Crippen LogP contribution in [0.5, 0.6) is 0 Å². The number of ether oxygens (including phenoxy) is 1. The van der Waals surface area contributed by atoms with Gasteiger partial charge in [0.1, 0.15) is 11.9 Å². The van der Waals surface area contributed by atoms with Gasteiger partial charge in [-0.15, -0.1) is 10.2 Å². The third kappa shape index (κ3) is 3.06. The quantitative estimate of drug-likeness (QED) is 0.941. The fraction of sp³-hybridized carbons (Fsp3) is 0.500. The Morgan fingerprint density at radius 2 is 2.17 bits per heavy atom. The maximum absolute atomic E-state index is 12.2. The van der Waals surface area contributed by atoms with Gasteiger partial charge in [-0.25, -0.2) is 0 Å². The number of carbonyl (C=O) groups excluding carboxylic acids is 1. The van der Waals surface area contributed by atoms with Crippen molar-refractivity contribution >= 4 is 11.6 Å². The molecule has 0 aliphatic carbocycles. The van der Waals surface area contributed by atoms with Crippen molar-refractivity contribution in [3.8, 4) is 11.4 Å². The third-order valence-corrected chi connectivity index (χ3v) is 4.72. The van der Waals surface area contributed by atoms with Gasteiger partial charge in [0.25, 0.3) is 5.91 Å². The average molecular weight is 326 g/mol. The number of nitrogens with one attached hydrogen (secondary N) is 1. The predicted octanol–water partition coefficient (Wildman–Crippen LogP) is 2.79. The summed E-state index contributed by atoms with van der Waals surface area (Å²) < 4.78 is 7.66. The van der Waals surface area contributed by atoms with Crippen molar-refractivity contribution in [3.05, 3.63) is 30.1 Å². The van der Waals surface area contributed by atoms with Gasteiger partial charge in [0, 0.05) is 30.8 Å². The SMILES string of the molecule is O=C(Nc1cccc(-c2nnc3n2CCCCC3)c1)[C@H]1CCCO1. The van der Waals surface area contributed by atoms with Crippen molar-refractivity contribution in [2.75, 3.05) is 11.9 Å². The van der Waals surface area contributed by atoms with Crippen LogP contribution < -0.4 is 5.32 Å². The molecule has 1 N–H and O–H groups in total. The minimum absolute atomic E-state index is 0.0651. The highest BCUT2D eigenvalue weighted by Crippen LogP contribution is 2.25. The highest BCUT2D eigenvalue weighted by atomic mass is 16.5. The van der Waals surface area contributed by atoms with E-state index >= 15 is 0 Å². The van der Waals surface area contributed by atoms with Crippen LogP contribution >= 0.6 is 0 Å². The normalized spacial score (nSPS) is 20.4. The van der Waals surface area contributed by atoms with E-state index in [1.54, 1.807) is 0 Å². The van der Waals surface area contributed by atoms with Gasteiger partial charge < -0.3 is 14.6 Å². The summed E-state index contributed by atoms with van der Waals surface area (Å²) in [5, 5.41) is 11.7. The van der Waals surface area contributed by atoms with E-state index in [9.17, 15) is 4.79 Å². The lowest BCUT2D eigenvalue weighted by Crippen LogP contribution is -2.26. The number of carbonyl (C=O) groups is 1. The van der Waals surface area contributed by atoms with Gasteiger partial charge in [0.15, 0.2) is 5.82 Å². The number of aryl methyl sites for hydroxylation is 1. The average Bonchev–Trinajstić information content (AvgIpc) is 3.21. The Balaban J connectivity index is 1.56. The molecule has 2 aliphatic rings. The first-order valence-corrected chi connectivity index (χ1v) is 8.76. The Kier molecular flexibility index (Phi) is 4.30. The largest absolute Gasteiger partial charge is 0.368 e. The molecule has 0 unspecified atom stereocenters. The smallest absolute Gasteiger partial charge is 0.253 e. The monoisotopic (exact) mass is 326 g/mol. The van der Waals surface area contributed by atoms with Crippen LogP contribution in [-0.4, -0.2) is 33.4 Å². The standard InChI is InChI=1S/C18H22N4O2/c23-18(15-8-5-11-24-15)19-14-7-4-6-13(12-14)17-21-20-16-9-2-1-3-10-22(16)17/h4,6-7,12,15H,1-3,5,8-11H2,(H,19,23)/t15-/m1/s1. The number of fused-ring (bicyclic) bond motifs is 1. The van der Waals surface area contributed by atoms with Crippen LogP contribution in [0.2, 0.25) is 0 Å². The molecule has 24 heavy (non-hydrogen) atoms. The second-order valence-corrected chi connectivity index (χ2v) is 6.47. The summed E-state index contributed by atoms with van der Waals surface area (Å²) >= 11 is 0. The zero-order chi connectivity index (χ0) is 16.4. The minimum atomic E-state index is -0.321. The molecular formula is C18H22N4O2. The van der Waals surface area contributed by atoms with Crippen LogP contribution in [-0.2, 0) is 22.5 Å². The van der Waals surface area contributed by atoms with Crippen molar-refractivity contribution in [2.45, 2.75) is 51.2 Å². The second kappa shape index (κ2) is 6.73. The summed E-state index contributed by atoms with van der Waals surface area (Å²) in [4.78, 5) is 12.2. The molecule has 0 radical (unpaired) electrons. The van der Waals surface area contributed by atoms with Gasteiger partial charge in [-0.1, -0.05) is 18.6 Å². The molecule has 3 heterocycles. The molecule has 2 aliphatic heterocycles. The van der Waals surface area contributed by atoms with Crippen LogP contribution in [0.3, 0.4) is 0 Å². The fourth-order valence-corrected chi connectivity index (χ4v) is 3.44. The van der Waals surface area contributed by atoms with Crippen molar-refractivity contribution in [1.82, 2.24) is 14.8 Å². The van der Waals surface area contributed by atoms with Gasteiger partial charge in [-0.05, 0) is 37.8 Å². The maximum Gasteiger partial charge on any atom is 0.253 e. The highest BCUT2D eigenvalue weighted by molar-refractivity contribution is 5.94. The molecule has 0 bridgehead atoms. The molecule has 1 aromatic carbocycles. The first-order valence-electron chi connectivity index (χ1n) is 8.76. The summed E-state index contributed by atoms with van der Waals surface area (Å²) in [6, 6.07) is 7.83. The molecule has 6 heteroatoms. The lowest BCUT2D eigenvalue weighted by molar-refractivity contribution is -0.124. The van der Waals surface area contributed by atoms with Crippen molar-refractivity contribution < 1.29 is 9.53 Å². The van der Waals surface area contributed by atoms with E-state index in [-0.39, 0.29) is 12.0 Å². The van der Waals surface area contributed by atoms with E-state index in [1.807, 2.05) is 24.3 Å². The van der Waals surface area contributed by atoms with E-state index in [2.05, 4.69) is 20.1 Å². The summed E-state index contributed by atoms with van der Waals surface area (Å²) in [5.74, 6) is 1.89. The van der Waals surface area contributed by atoms with E-state index in [4.69, 9.17) is 4.74 Å². The number of hydrogen-bond donors (Lipinski definition) is 1. The molecule has 1 amide bonds. The van der Waals surface area contributed by atoms with Gasteiger partial charge in [0.2, 0.25) is 0 Å². The van der Waals surface area contributed by atoms with E-state index in [0.717, 1.165) is 55.1 Å². The third-order valence-electron chi connectivity index (χ3n) is 4.72. The number of benzene rings is 1. The topological polar surface area (TPSA) is 69.0 Å². The fourth-order valence-electron chi connectivity index (χ4n) is 3.44. The zero-order valence-corrected chi connectivity index (χ0v) is 13.7. The van der Waals surface area contributed by atoms with Crippen LogP contribution in [0.25, 0.3) is 11.4 Å². The molecular weight excluding hydrogens is 304 g/mol. The van der Waals surface area contributed by atoms with E-state index in [0.29, 0.717) is 6.61 Å². The first kappa shape index (κ1) is 15.3. The molecule has 1 atom stereocenters. The van der Waals surface area contributed by atoms with Gasteiger partial charge in [-0.2, -0.15) is 0 Å². The van der Waals surface area contributed by atoms with Crippen LogP contribution in [0.4, 0.5) is 5.69 Å². The molecule has 2 aromatic rings. The van der Waals surface area contributed by atoms with Crippen molar-refractivity contribution in [1.29, 1.82) is 0 Å². The number of nitrogens with zero attached hydrogens (tertiary/aromatic N) is 3. The molecule has 4 rings (SSSR count). The number of hydrogen-bond acceptors (Lipinski definition) is 4.